The van der Waals surface area contributed by atoms with Gasteiger partial charge in [0.2, 0.25) is 5.91 Å². The molecular weight excluding hydrogens is 286 g/mol. The summed E-state index contributed by atoms with van der Waals surface area (Å²) in [5, 5.41) is 3.19. The Labute approximate surface area is 128 Å². The van der Waals surface area contributed by atoms with Gasteiger partial charge < -0.3 is 9.64 Å². The number of rotatable bonds is 3. The Morgan fingerprint density at radius 1 is 1.38 bits per heavy atom. The van der Waals surface area contributed by atoms with Crippen LogP contribution in [0.3, 0.4) is 0 Å². The van der Waals surface area contributed by atoms with E-state index in [0.717, 1.165) is 44.1 Å². The van der Waals surface area contributed by atoms with Crippen molar-refractivity contribution in [2.75, 3.05) is 19.7 Å². The molecule has 0 N–H and O–H groups in total. The van der Waals surface area contributed by atoms with Crippen LogP contribution >= 0.6 is 11.3 Å². The van der Waals surface area contributed by atoms with Crippen molar-refractivity contribution in [3.63, 3.8) is 0 Å². The lowest BCUT2D eigenvalue weighted by Gasteiger charge is -2.34. The second-order valence-corrected chi connectivity index (χ2v) is 7.14. The van der Waals surface area contributed by atoms with E-state index in [9.17, 15) is 4.79 Å². The lowest BCUT2D eigenvalue weighted by atomic mass is 10.0. The molecule has 21 heavy (non-hydrogen) atoms. The molecule has 5 nitrogen and oxygen atoms in total. The molecule has 1 aromatic heterocycles. The molecule has 0 aliphatic carbocycles. The van der Waals surface area contributed by atoms with Crippen molar-refractivity contribution in [3.8, 4) is 0 Å². The van der Waals surface area contributed by atoms with Gasteiger partial charge in [0.15, 0.2) is 0 Å². The van der Waals surface area contributed by atoms with Crippen LogP contribution in [0.4, 0.5) is 0 Å². The van der Waals surface area contributed by atoms with Crippen LogP contribution in [0.2, 0.25) is 0 Å². The first kappa shape index (κ1) is 13.7. The number of aromatic nitrogens is 1. The minimum Gasteiger partial charge on any atom is -0.374 e. The molecule has 0 unspecified atom stereocenters. The molecule has 0 radical (unpaired) electrons. The van der Waals surface area contributed by atoms with Gasteiger partial charge in [0.1, 0.15) is 5.01 Å². The van der Waals surface area contributed by atoms with Crippen LogP contribution in [0.5, 0.6) is 0 Å². The summed E-state index contributed by atoms with van der Waals surface area (Å²) in [6.45, 7) is 3.56. The van der Waals surface area contributed by atoms with E-state index in [-0.39, 0.29) is 12.1 Å². The average Bonchev–Trinajstić information content (AvgIpc) is 3.21. The maximum atomic E-state index is 12.1. The van der Waals surface area contributed by atoms with Crippen LogP contribution in [-0.4, -0.2) is 58.6 Å². The number of carbonyl (C=O) groups excluding carboxylic acids is 1. The number of fused-ring (bicyclic) bond motifs is 1. The van der Waals surface area contributed by atoms with Crippen molar-refractivity contribution in [2.24, 2.45) is 0 Å². The Bertz CT molecular complexity index is 507. The van der Waals surface area contributed by atoms with Crippen LogP contribution in [0.1, 0.15) is 30.7 Å². The maximum absolute atomic E-state index is 12.1. The molecule has 0 aromatic carbocycles. The Morgan fingerprint density at radius 3 is 3.10 bits per heavy atom. The molecule has 0 spiro atoms. The van der Waals surface area contributed by atoms with E-state index < -0.39 is 0 Å². The average molecular weight is 307 g/mol. The number of ether oxygens (including phenoxy) is 1. The summed E-state index contributed by atoms with van der Waals surface area (Å²) in [5.41, 5.74) is 0. The Morgan fingerprint density at radius 2 is 2.33 bits per heavy atom. The number of thiazole rings is 1. The summed E-state index contributed by atoms with van der Waals surface area (Å²) >= 11 is 1.71. The highest BCUT2D eigenvalue weighted by atomic mass is 32.1. The van der Waals surface area contributed by atoms with Gasteiger partial charge in [0, 0.05) is 43.7 Å². The van der Waals surface area contributed by atoms with Gasteiger partial charge in [0.05, 0.1) is 18.7 Å². The van der Waals surface area contributed by atoms with E-state index in [1.54, 1.807) is 11.3 Å². The van der Waals surface area contributed by atoms with Gasteiger partial charge in [-0.3, -0.25) is 9.69 Å². The van der Waals surface area contributed by atoms with Crippen LogP contribution in [0, 0.1) is 0 Å². The van der Waals surface area contributed by atoms with Gasteiger partial charge in [-0.15, -0.1) is 11.3 Å². The smallest absolute Gasteiger partial charge is 0.223 e. The first-order valence-electron chi connectivity index (χ1n) is 7.86. The van der Waals surface area contributed by atoms with Crippen LogP contribution in [0.25, 0.3) is 0 Å². The van der Waals surface area contributed by atoms with Crippen molar-refractivity contribution in [1.82, 2.24) is 14.8 Å². The number of likely N-dealkylation sites (tertiary alicyclic amines) is 2. The van der Waals surface area contributed by atoms with E-state index in [2.05, 4.69) is 14.8 Å². The highest BCUT2D eigenvalue weighted by molar-refractivity contribution is 7.09. The molecule has 6 heteroatoms. The quantitative estimate of drug-likeness (QED) is 0.849. The minimum atomic E-state index is 0.195. The molecule has 0 bridgehead atoms. The van der Waals surface area contributed by atoms with Crippen LogP contribution < -0.4 is 0 Å². The monoisotopic (exact) mass is 307 g/mol. The molecule has 3 aliphatic rings. The molecular formula is C15H21N3O2S. The number of nitrogens with zero attached hydrogens (tertiary/aromatic N) is 3. The second kappa shape index (κ2) is 5.66. The molecule has 3 aliphatic heterocycles. The molecule has 114 valence electrons. The Kier molecular flexibility index (Phi) is 3.69. The molecule has 4 heterocycles. The van der Waals surface area contributed by atoms with Crippen molar-refractivity contribution in [1.29, 1.82) is 0 Å². The predicted molar refractivity (Wildman–Crippen MR) is 80.0 cm³/mol. The minimum absolute atomic E-state index is 0.195. The highest BCUT2D eigenvalue weighted by Gasteiger charge is 2.48. The summed E-state index contributed by atoms with van der Waals surface area (Å²) in [4.78, 5) is 21.1. The number of carbonyl (C=O) groups is 1. The summed E-state index contributed by atoms with van der Waals surface area (Å²) in [5.74, 6) is 0.309. The second-order valence-electron chi connectivity index (χ2n) is 6.16. The molecule has 0 saturated carbocycles. The predicted octanol–water partition coefficient (Wildman–Crippen LogP) is 1.50. The van der Waals surface area contributed by atoms with Gasteiger partial charge in [-0.2, -0.15) is 0 Å². The zero-order valence-corrected chi connectivity index (χ0v) is 12.9. The fraction of sp³-hybridized carbons (Fsp3) is 0.733. The lowest BCUT2D eigenvalue weighted by Crippen LogP contribution is -2.48. The number of hydrogen-bond donors (Lipinski definition) is 0. The van der Waals surface area contributed by atoms with Crippen molar-refractivity contribution in [3.05, 3.63) is 16.6 Å². The van der Waals surface area contributed by atoms with E-state index in [0.29, 0.717) is 18.4 Å². The van der Waals surface area contributed by atoms with Gasteiger partial charge in [0.25, 0.3) is 0 Å². The zero-order valence-electron chi connectivity index (χ0n) is 12.1. The van der Waals surface area contributed by atoms with Gasteiger partial charge in [-0.1, -0.05) is 0 Å². The lowest BCUT2D eigenvalue weighted by molar-refractivity contribution is -0.132. The summed E-state index contributed by atoms with van der Waals surface area (Å²) in [6.07, 6.45) is 6.07. The molecule has 3 fully saturated rings. The van der Waals surface area contributed by atoms with E-state index in [4.69, 9.17) is 4.74 Å². The molecule has 1 amide bonds. The molecule has 3 saturated heterocycles. The van der Waals surface area contributed by atoms with Crippen molar-refractivity contribution >= 4 is 17.2 Å². The topological polar surface area (TPSA) is 45.7 Å². The van der Waals surface area contributed by atoms with Crippen molar-refractivity contribution in [2.45, 2.75) is 50.4 Å². The highest BCUT2D eigenvalue weighted by Crippen LogP contribution is 2.34. The molecule has 3 atom stereocenters. The SMILES string of the molecule is O=C1CCCN1[C@@H]1CN(Cc2nccs2)[C@@H]2CCCO[C@@H]21. The third-order valence-corrected chi connectivity index (χ3v) is 5.70. The number of hydrogen-bond acceptors (Lipinski definition) is 5. The van der Waals surface area contributed by atoms with Crippen LogP contribution in [0.15, 0.2) is 11.6 Å². The number of amides is 1. The first-order chi connectivity index (χ1) is 10.3. The van der Waals surface area contributed by atoms with Crippen LogP contribution in [-0.2, 0) is 16.1 Å². The summed E-state index contributed by atoms with van der Waals surface area (Å²) < 4.78 is 6.07. The standard InChI is InChI=1S/C15H21N3O2S/c19-14-4-1-6-18(14)12-9-17(10-13-16-5-8-21-13)11-3-2-7-20-15(11)12/h5,8,11-12,15H,1-4,6-7,9-10H2/t11-,12-,15+/m1/s1. The van der Waals surface area contributed by atoms with Gasteiger partial charge in [-0.05, 0) is 19.3 Å². The van der Waals surface area contributed by atoms with E-state index >= 15 is 0 Å². The normalized spacial score (nSPS) is 33.6. The van der Waals surface area contributed by atoms with Gasteiger partial charge >= 0.3 is 0 Å². The molecule has 1 aromatic rings. The Balaban J connectivity index is 1.54. The van der Waals surface area contributed by atoms with Gasteiger partial charge in [-0.25, -0.2) is 4.98 Å². The largest absolute Gasteiger partial charge is 0.374 e. The summed E-state index contributed by atoms with van der Waals surface area (Å²) in [7, 11) is 0. The van der Waals surface area contributed by atoms with E-state index in [1.165, 1.54) is 6.42 Å². The third-order valence-electron chi connectivity index (χ3n) is 4.94. The third kappa shape index (κ3) is 2.49. The summed E-state index contributed by atoms with van der Waals surface area (Å²) in [6, 6.07) is 0.686. The fourth-order valence-electron chi connectivity index (χ4n) is 4.01. The first-order valence-corrected chi connectivity index (χ1v) is 8.74. The zero-order chi connectivity index (χ0) is 14.2. The molecule has 4 rings (SSSR count). The fourth-order valence-corrected chi connectivity index (χ4v) is 4.65. The van der Waals surface area contributed by atoms with Crippen molar-refractivity contribution < 1.29 is 9.53 Å². The Hall–Kier alpha value is -0.980. The van der Waals surface area contributed by atoms with E-state index in [1.807, 2.05) is 11.6 Å². The maximum Gasteiger partial charge on any atom is 0.223 e.